The van der Waals surface area contributed by atoms with Gasteiger partial charge in [-0.1, -0.05) is 146 Å². The van der Waals surface area contributed by atoms with Crippen molar-refractivity contribution in [1.29, 1.82) is 0 Å². The lowest BCUT2D eigenvalue weighted by molar-refractivity contribution is -0.133. The number of hydrogen-bond donors (Lipinski definition) is 2. The summed E-state index contributed by atoms with van der Waals surface area (Å²) in [5.74, 6) is 1.00. The largest absolute Gasteiger partial charge is 0.351 e. The number of alkyl halides is 1. The molecule has 1 aliphatic carbocycles. The maximum atomic E-state index is 14.1. The van der Waals surface area contributed by atoms with Crippen LogP contribution in [0.1, 0.15) is 79.5 Å². The van der Waals surface area contributed by atoms with E-state index >= 15 is 0 Å². The molecule has 2 aliphatic rings. The zero-order valence-corrected chi connectivity index (χ0v) is 27.8. The predicted molar refractivity (Wildman–Crippen MR) is 189 cm³/mol. The molecule has 6 heteroatoms. The second-order valence-electron chi connectivity index (χ2n) is 12.4. The summed E-state index contributed by atoms with van der Waals surface area (Å²) < 4.78 is 0.970. The van der Waals surface area contributed by atoms with Gasteiger partial charge in [-0.3, -0.25) is 9.59 Å². The summed E-state index contributed by atoms with van der Waals surface area (Å²) in [6.45, 7) is 1.81. The summed E-state index contributed by atoms with van der Waals surface area (Å²) in [4.78, 5) is 29.0. The molecular formula is C38H46IN3O2. The number of amides is 2. The number of hydrogen-bond acceptors (Lipinski definition) is 3. The maximum absolute atomic E-state index is 14.1. The molecule has 1 saturated heterocycles. The van der Waals surface area contributed by atoms with E-state index in [2.05, 4.69) is 98.8 Å². The van der Waals surface area contributed by atoms with Crippen LogP contribution in [0.5, 0.6) is 0 Å². The van der Waals surface area contributed by atoms with Gasteiger partial charge in [-0.15, -0.1) is 0 Å². The van der Waals surface area contributed by atoms with E-state index in [4.69, 9.17) is 0 Å². The number of carbonyl (C=O) groups excluding carboxylic acids is 2. The summed E-state index contributed by atoms with van der Waals surface area (Å²) in [6.07, 6.45) is 12.7. The normalized spacial score (nSPS) is 19.5. The third kappa shape index (κ3) is 9.51. The number of rotatable bonds is 13. The van der Waals surface area contributed by atoms with E-state index in [0.29, 0.717) is 19.6 Å². The molecule has 2 atom stereocenters. The van der Waals surface area contributed by atoms with Crippen molar-refractivity contribution in [3.05, 3.63) is 113 Å². The molecule has 0 bridgehead atoms. The van der Waals surface area contributed by atoms with Gasteiger partial charge in [0.15, 0.2) is 0 Å². The van der Waals surface area contributed by atoms with E-state index in [1.165, 1.54) is 48.8 Å². The van der Waals surface area contributed by atoms with Crippen LogP contribution in [0, 0.1) is 5.92 Å². The molecule has 5 nitrogen and oxygen atoms in total. The molecule has 1 aliphatic heterocycles. The van der Waals surface area contributed by atoms with Crippen molar-refractivity contribution in [1.82, 2.24) is 15.5 Å². The van der Waals surface area contributed by atoms with Gasteiger partial charge in [0, 0.05) is 42.1 Å². The van der Waals surface area contributed by atoms with Crippen molar-refractivity contribution in [3.63, 3.8) is 0 Å². The first-order valence-corrected chi connectivity index (χ1v) is 17.9. The fourth-order valence-electron chi connectivity index (χ4n) is 6.71. The highest BCUT2D eigenvalue weighted by atomic mass is 127. The number of carbonyl (C=O) groups is 2. The van der Waals surface area contributed by atoms with Gasteiger partial charge in [0.05, 0.1) is 6.04 Å². The van der Waals surface area contributed by atoms with Gasteiger partial charge in [0.25, 0.3) is 0 Å². The van der Waals surface area contributed by atoms with Crippen molar-refractivity contribution in [3.8, 4) is 0 Å². The smallest absolute Gasteiger partial charge is 0.244 e. The van der Waals surface area contributed by atoms with E-state index in [1.54, 1.807) is 6.08 Å². The van der Waals surface area contributed by atoms with Crippen LogP contribution < -0.4 is 10.6 Å². The van der Waals surface area contributed by atoms with Crippen LogP contribution in [0.3, 0.4) is 0 Å². The minimum Gasteiger partial charge on any atom is -0.351 e. The van der Waals surface area contributed by atoms with Gasteiger partial charge in [0.1, 0.15) is 0 Å². The Hall–Kier alpha value is -2.97. The highest BCUT2D eigenvalue weighted by Crippen LogP contribution is 2.30. The average Bonchev–Trinajstić information content (AvgIpc) is 3.55. The summed E-state index contributed by atoms with van der Waals surface area (Å²) >= 11 is 2.35. The zero-order chi connectivity index (χ0) is 30.6. The first-order valence-electron chi connectivity index (χ1n) is 16.3. The minimum absolute atomic E-state index is 0.0348. The van der Waals surface area contributed by atoms with Crippen molar-refractivity contribution in [2.75, 3.05) is 19.6 Å². The molecule has 0 unspecified atom stereocenters. The lowest BCUT2D eigenvalue weighted by atomic mass is 9.90. The fourth-order valence-corrected chi connectivity index (χ4v) is 7.22. The molecule has 0 spiro atoms. The molecule has 0 aromatic heterocycles. The Morgan fingerprint density at radius 2 is 1.57 bits per heavy atom. The third-order valence-electron chi connectivity index (χ3n) is 9.26. The Morgan fingerprint density at radius 1 is 0.909 bits per heavy atom. The summed E-state index contributed by atoms with van der Waals surface area (Å²) in [5.41, 5.74) is 4.73. The van der Waals surface area contributed by atoms with Gasteiger partial charge in [-0.25, -0.2) is 0 Å². The topological polar surface area (TPSA) is 61.4 Å². The number of nitrogens with zero attached hydrogens (tertiary/aromatic N) is 1. The van der Waals surface area contributed by atoms with Crippen LogP contribution in [0.25, 0.3) is 6.08 Å². The zero-order valence-electron chi connectivity index (χ0n) is 25.7. The maximum Gasteiger partial charge on any atom is 0.244 e. The summed E-state index contributed by atoms with van der Waals surface area (Å²) in [6, 6.07) is 29.1. The molecule has 44 heavy (non-hydrogen) atoms. The lowest BCUT2D eigenvalue weighted by Gasteiger charge is -2.29. The predicted octanol–water partition coefficient (Wildman–Crippen LogP) is 7.50. The Bertz CT molecular complexity index is 1300. The summed E-state index contributed by atoms with van der Waals surface area (Å²) in [7, 11) is 0. The first kappa shape index (κ1) is 32.4. The Kier molecular flexibility index (Phi) is 12.5. The van der Waals surface area contributed by atoms with Crippen molar-refractivity contribution >= 4 is 40.5 Å². The lowest BCUT2D eigenvalue weighted by Crippen LogP contribution is -2.49. The SMILES string of the molecule is O=C(/C=C/c1ccc(CI)cc1)NC[C@@H]1CCN(CC(c2ccccc2)c2ccccc2)C(=O)[C@H](CCCC2CCCC2)N1. The van der Waals surface area contributed by atoms with Crippen LogP contribution in [-0.2, 0) is 14.0 Å². The van der Waals surface area contributed by atoms with Crippen LogP contribution in [0.15, 0.2) is 91.0 Å². The second-order valence-corrected chi connectivity index (χ2v) is 13.2. The van der Waals surface area contributed by atoms with E-state index in [0.717, 1.165) is 35.2 Å². The molecule has 3 aromatic rings. The molecule has 1 saturated carbocycles. The molecule has 232 valence electrons. The van der Waals surface area contributed by atoms with Crippen LogP contribution >= 0.6 is 22.6 Å². The minimum atomic E-state index is -0.236. The Labute approximate surface area is 277 Å². The first-order chi connectivity index (χ1) is 21.6. The van der Waals surface area contributed by atoms with Gasteiger partial charge < -0.3 is 15.5 Å². The molecule has 5 rings (SSSR count). The molecule has 2 fully saturated rings. The molecular weight excluding hydrogens is 657 g/mol. The highest BCUT2D eigenvalue weighted by Gasteiger charge is 2.32. The van der Waals surface area contributed by atoms with E-state index in [1.807, 2.05) is 30.3 Å². The van der Waals surface area contributed by atoms with E-state index in [-0.39, 0.29) is 29.8 Å². The van der Waals surface area contributed by atoms with Gasteiger partial charge in [-0.05, 0) is 47.1 Å². The van der Waals surface area contributed by atoms with E-state index in [9.17, 15) is 9.59 Å². The van der Waals surface area contributed by atoms with Crippen LogP contribution in [0.2, 0.25) is 0 Å². The molecule has 1 heterocycles. The van der Waals surface area contributed by atoms with Crippen LogP contribution in [-0.4, -0.2) is 48.4 Å². The van der Waals surface area contributed by atoms with Crippen molar-refractivity contribution in [2.24, 2.45) is 5.92 Å². The molecule has 2 amide bonds. The highest BCUT2D eigenvalue weighted by molar-refractivity contribution is 14.1. The van der Waals surface area contributed by atoms with Crippen LogP contribution in [0.4, 0.5) is 0 Å². The van der Waals surface area contributed by atoms with Crippen molar-refractivity contribution in [2.45, 2.75) is 73.8 Å². The average molecular weight is 704 g/mol. The standard InChI is InChI=1S/C38H46IN3O2/c39-26-31-20-18-30(19-21-31)22-23-37(43)40-27-34-24-25-42(38(44)36(41-34)17-9-12-29-10-7-8-11-29)28-35(32-13-3-1-4-14-32)33-15-5-2-6-16-33/h1-6,13-16,18-23,29,34-36,41H,7-12,17,24-28H2,(H,40,43)/b23-22+/t34-,36-/m0/s1. The molecule has 0 radical (unpaired) electrons. The number of benzene rings is 3. The number of nitrogens with one attached hydrogen (secondary N) is 2. The van der Waals surface area contributed by atoms with Crippen molar-refractivity contribution < 1.29 is 9.59 Å². The fraction of sp³-hybridized carbons (Fsp3) is 0.421. The monoisotopic (exact) mass is 703 g/mol. The third-order valence-corrected chi connectivity index (χ3v) is 10.1. The molecule has 2 N–H and O–H groups in total. The van der Waals surface area contributed by atoms with E-state index < -0.39 is 0 Å². The quantitative estimate of drug-likeness (QED) is 0.110. The van der Waals surface area contributed by atoms with Gasteiger partial charge in [0.2, 0.25) is 11.8 Å². The Morgan fingerprint density at radius 3 is 2.20 bits per heavy atom. The second kappa shape index (κ2) is 16.9. The van der Waals surface area contributed by atoms with Gasteiger partial charge >= 0.3 is 0 Å². The Balaban J connectivity index is 1.25. The molecule has 3 aromatic carbocycles. The summed E-state index contributed by atoms with van der Waals surface area (Å²) in [5, 5.41) is 6.78. The number of halogens is 1. The van der Waals surface area contributed by atoms with Gasteiger partial charge in [-0.2, -0.15) is 0 Å².